The Morgan fingerprint density at radius 2 is 1.94 bits per heavy atom. The molecule has 1 aliphatic heterocycles. The standard InChI is InChI=1S/C26H23ClN2O6/c1-13-14(2)25(31)35-22-10-23(18(27)8-16(13)22)34-12-24(30)29-11-20-17(9-21(29)26(32)33-3)15-6-4-5-7-19(15)28-20/h4-8,10,21,28H,9,11-12H2,1-3H3. The number of nitrogens with zero attached hydrogens (tertiary/aromatic N) is 1. The van der Waals surface area contributed by atoms with E-state index in [1.165, 1.54) is 18.1 Å². The Bertz CT molecular complexity index is 1550. The first-order chi connectivity index (χ1) is 16.8. The van der Waals surface area contributed by atoms with Crippen molar-refractivity contribution in [3.8, 4) is 5.75 Å². The molecule has 4 aromatic rings. The topological polar surface area (TPSA) is 102 Å². The van der Waals surface area contributed by atoms with Gasteiger partial charge in [0.1, 0.15) is 17.4 Å². The highest BCUT2D eigenvalue weighted by atomic mass is 35.5. The lowest BCUT2D eigenvalue weighted by Gasteiger charge is -2.33. The Morgan fingerprint density at radius 3 is 2.71 bits per heavy atom. The van der Waals surface area contributed by atoms with Crippen molar-refractivity contribution in [3.63, 3.8) is 0 Å². The third-order valence-electron chi connectivity index (χ3n) is 6.66. The second kappa shape index (κ2) is 8.78. The highest BCUT2D eigenvalue weighted by Gasteiger charge is 2.37. The van der Waals surface area contributed by atoms with E-state index in [9.17, 15) is 14.4 Å². The second-order valence-electron chi connectivity index (χ2n) is 8.60. The van der Waals surface area contributed by atoms with E-state index in [1.807, 2.05) is 31.2 Å². The maximum absolute atomic E-state index is 13.2. The Hall–Kier alpha value is -3.78. The number of hydrogen-bond donors (Lipinski definition) is 1. The van der Waals surface area contributed by atoms with E-state index in [-0.39, 0.29) is 23.9 Å². The molecule has 0 radical (unpaired) electrons. The van der Waals surface area contributed by atoms with Crippen LogP contribution in [-0.2, 0) is 27.3 Å². The second-order valence-corrected chi connectivity index (χ2v) is 9.01. The zero-order valence-corrected chi connectivity index (χ0v) is 20.2. The van der Waals surface area contributed by atoms with Crippen LogP contribution in [0.4, 0.5) is 0 Å². The number of benzene rings is 2. The van der Waals surface area contributed by atoms with E-state index in [2.05, 4.69) is 4.98 Å². The SMILES string of the molecule is COC(=O)C1Cc2c([nH]c3ccccc23)CN1C(=O)COc1cc2oc(=O)c(C)c(C)c2cc1Cl. The molecule has 5 rings (SSSR count). The minimum Gasteiger partial charge on any atom is -0.482 e. The number of rotatable bonds is 4. The summed E-state index contributed by atoms with van der Waals surface area (Å²) in [5, 5.41) is 2.00. The van der Waals surface area contributed by atoms with Gasteiger partial charge in [-0.2, -0.15) is 0 Å². The number of hydrogen-bond acceptors (Lipinski definition) is 6. The Morgan fingerprint density at radius 1 is 1.17 bits per heavy atom. The van der Waals surface area contributed by atoms with Crippen molar-refractivity contribution in [2.75, 3.05) is 13.7 Å². The number of fused-ring (bicyclic) bond motifs is 4. The average molecular weight is 495 g/mol. The maximum atomic E-state index is 13.2. The van der Waals surface area contributed by atoms with Gasteiger partial charge in [0, 0.05) is 40.0 Å². The predicted molar refractivity (Wildman–Crippen MR) is 131 cm³/mol. The number of aryl methyl sites for hydroxylation is 1. The van der Waals surface area contributed by atoms with Crippen LogP contribution in [-0.4, -0.2) is 41.5 Å². The number of carbonyl (C=O) groups excluding carboxylic acids is 2. The number of methoxy groups -OCH3 is 1. The quantitative estimate of drug-likeness (QED) is 0.339. The summed E-state index contributed by atoms with van der Waals surface area (Å²) in [5.41, 5.74) is 3.97. The van der Waals surface area contributed by atoms with Crippen LogP contribution in [0, 0.1) is 13.8 Å². The molecule has 0 spiro atoms. The fraction of sp³-hybridized carbons (Fsp3) is 0.269. The lowest BCUT2D eigenvalue weighted by molar-refractivity contribution is -0.154. The molecule has 35 heavy (non-hydrogen) atoms. The fourth-order valence-electron chi connectivity index (χ4n) is 4.59. The number of aromatic amines is 1. The predicted octanol–water partition coefficient (Wildman–Crippen LogP) is 4.05. The molecule has 8 nitrogen and oxygen atoms in total. The van der Waals surface area contributed by atoms with Gasteiger partial charge in [0.15, 0.2) is 6.61 Å². The summed E-state index contributed by atoms with van der Waals surface area (Å²) in [6.45, 7) is 3.36. The van der Waals surface area contributed by atoms with Gasteiger partial charge >= 0.3 is 11.6 Å². The number of H-pyrrole nitrogens is 1. The van der Waals surface area contributed by atoms with E-state index in [1.54, 1.807) is 13.0 Å². The van der Waals surface area contributed by atoms with Gasteiger partial charge in [0.25, 0.3) is 5.91 Å². The third kappa shape index (κ3) is 3.93. The molecule has 0 bridgehead atoms. The molecule has 1 unspecified atom stereocenters. The average Bonchev–Trinajstić information content (AvgIpc) is 3.23. The summed E-state index contributed by atoms with van der Waals surface area (Å²) in [6.07, 6.45) is 0.332. The summed E-state index contributed by atoms with van der Waals surface area (Å²) >= 11 is 6.40. The Kier molecular flexibility index (Phi) is 5.76. The zero-order chi connectivity index (χ0) is 24.9. The summed E-state index contributed by atoms with van der Waals surface area (Å²) < 4.78 is 16.1. The first kappa shape index (κ1) is 23.0. The van der Waals surface area contributed by atoms with Gasteiger partial charge in [0.05, 0.1) is 18.7 Å². The number of aromatic nitrogens is 1. The van der Waals surface area contributed by atoms with E-state index in [4.69, 9.17) is 25.5 Å². The molecular formula is C26H23ClN2O6. The van der Waals surface area contributed by atoms with Gasteiger partial charge < -0.3 is 23.8 Å². The van der Waals surface area contributed by atoms with E-state index < -0.39 is 23.5 Å². The van der Waals surface area contributed by atoms with Gasteiger partial charge in [-0.25, -0.2) is 9.59 Å². The van der Waals surface area contributed by atoms with Crippen LogP contribution in [0.15, 0.2) is 45.6 Å². The van der Waals surface area contributed by atoms with Crippen LogP contribution in [0.2, 0.25) is 5.02 Å². The fourth-order valence-corrected chi connectivity index (χ4v) is 4.81. The largest absolute Gasteiger partial charge is 0.482 e. The molecule has 0 saturated heterocycles. The highest BCUT2D eigenvalue weighted by molar-refractivity contribution is 6.32. The lowest BCUT2D eigenvalue weighted by atomic mass is 9.96. The molecule has 0 saturated carbocycles. The van der Waals surface area contributed by atoms with E-state index >= 15 is 0 Å². The van der Waals surface area contributed by atoms with Crippen LogP contribution in [0.25, 0.3) is 21.9 Å². The van der Waals surface area contributed by atoms with Crippen LogP contribution in [0.3, 0.4) is 0 Å². The van der Waals surface area contributed by atoms with Gasteiger partial charge in [-0.05, 0) is 37.1 Å². The third-order valence-corrected chi connectivity index (χ3v) is 6.95. The van der Waals surface area contributed by atoms with Crippen molar-refractivity contribution < 1.29 is 23.5 Å². The molecule has 0 aliphatic carbocycles. The normalized spacial score (nSPS) is 15.3. The van der Waals surface area contributed by atoms with Crippen molar-refractivity contribution in [2.24, 2.45) is 0 Å². The smallest absolute Gasteiger partial charge is 0.339 e. The summed E-state index contributed by atoms with van der Waals surface area (Å²) in [6, 6.07) is 10.2. The number of esters is 1. The molecule has 2 aromatic heterocycles. The van der Waals surface area contributed by atoms with Gasteiger partial charge in [-0.15, -0.1) is 0 Å². The molecule has 0 fully saturated rings. The molecule has 1 atom stereocenters. The van der Waals surface area contributed by atoms with E-state index in [0.29, 0.717) is 23.0 Å². The Balaban J connectivity index is 1.42. The first-order valence-electron chi connectivity index (χ1n) is 11.1. The summed E-state index contributed by atoms with van der Waals surface area (Å²) in [4.78, 5) is 42.7. The molecule has 1 aliphatic rings. The molecular weight excluding hydrogens is 472 g/mol. The number of ether oxygens (including phenoxy) is 2. The van der Waals surface area contributed by atoms with E-state index in [0.717, 1.165) is 27.7 Å². The lowest BCUT2D eigenvalue weighted by Crippen LogP contribution is -2.50. The number of halogens is 1. The van der Waals surface area contributed by atoms with Crippen LogP contribution in [0.1, 0.15) is 22.4 Å². The summed E-state index contributed by atoms with van der Waals surface area (Å²) in [5.74, 6) is -0.690. The number of amides is 1. The molecule has 9 heteroatoms. The molecule has 180 valence electrons. The van der Waals surface area contributed by atoms with Crippen molar-refractivity contribution >= 4 is 45.3 Å². The molecule has 1 N–H and O–H groups in total. The minimum atomic E-state index is -0.779. The zero-order valence-electron chi connectivity index (χ0n) is 19.4. The summed E-state index contributed by atoms with van der Waals surface area (Å²) in [7, 11) is 1.30. The van der Waals surface area contributed by atoms with Crippen molar-refractivity contribution in [2.45, 2.75) is 32.9 Å². The highest BCUT2D eigenvalue weighted by Crippen LogP contribution is 2.33. The van der Waals surface area contributed by atoms with Crippen LogP contribution >= 0.6 is 11.6 Å². The number of para-hydroxylation sites is 1. The monoisotopic (exact) mass is 494 g/mol. The van der Waals surface area contributed by atoms with Crippen LogP contribution in [0.5, 0.6) is 5.75 Å². The van der Waals surface area contributed by atoms with Gasteiger partial charge in [-0.3, -0.25) is 4.79 Å². The van der Waals surface area contributed by atoms with Crippen LogP contribution < -0.4 is 10.4 Å². The van der Waals surface area contributed by atoms with Crippen molar-refractivity contribution in [3.05, 3.63) is 74.2 Å². The van der Waals surface area contributed by atoms with Gasteiger partial charge in [-0.1, -0.05) is 29.8 Å². The Labute approximate surface area is 205 Å². The number of carbonyl (C=O) groups is 2. The minimum absolute atomic E-state index is 0.205. The van der Waals surface area contributed by atoms with Crippen molar-refractivity contribution in [1.82, 2.24) is 9.88 Å². The first-order valence-corrected chi connectivity index (χ1v) is 11.5. The number of nitrogens with one attached hydrogen (secondary N) is 1. The maximum Gasteiger partial charge on any atom is 0.339 e. The van der Waals surface area contributed by atoms with Crippen molar-refractivity contribution in [1.29, 1.82) is 0 Å². The molecule has 1 amide bonds. The molecule has 3 heterocycles. The molecule has 2 aromatic carbocycles. The van der Waals surface area contributed by atoms with Gasteiger partial charge in [0.2, 0.25) is 0 Å².